The highest BCUT2D eigenvalue weighted by Crippen LogP contribution is 2.55. The van der Waals surface area contributed by atoms with Crippen LogP contribution in [-0.2, 0) is 5.41 Å². The van der Waals surface area contributed by atoms with Gasteiger partial charge in [-0.1, -0.05) is 153 Å². The highest BCUT2D eigenvalue weighted by molar-refractivity contribution is 6.16. The summed E-state index contributed by atoms with van der Waals surface area (Å²) in [6.07, 6.45) is 8.67. The second-order valence-corrected chi connectivity index (χ2v) is 18.7. The summed E-state index contributed by atoms with van der Waals surface area (Å²) in [6, 6.07) is 70.8. The van der Waals surface area contributed by atoms with Gasteiger partial charge in [-0.3, -0.25) is 0 Å². The molecule has 14 rings (SSSR count). The molecule has 9 aromatic carbocycles. The number of hydrogen-bond acceptors (Lipinski definition) is 3. The number of anilines is 3. The molecule has 3 heterocycles. The Bertz CT molecular complexity index is 3880. The van der Waals surface area contributed by atoms with Crippen LogP contribution in [0.2, 0.25) is 0 Å². The van der Waals surface area contributed by atoms with E-state index in [2.05, 4.69) is 242 Å². The summed E-state index contributed by atoms with van der Waals surface area (Å²) >= 11 is 0. The number of ether oxygens (including phenoxy) is 1. The van der Waals surface area contributed by atoms with Crippen LogP contribution < -0.4 is 9.64 Å². The van der Waals surface area contributed by atoms with E-state index in [-0.39, 0.29) is 17.4 Å². The molecule has 2 aliphatic carbocycles. The van der Waals surface area contributed by atoms with Gasteiger partial charge in [-0.2, -0.15) is 0 Å². The van der Waals surface area contributed by atoms with Crippen molar-refractivity contribution in [3.05, 3.63) is 235 Å². The Labute approximate surface area is 388 Å². The standard InChI is InChI=1S/C63H44N2O2/c1-63(2)51-22-9-6-19-48(51)60-52(63)23-13-25-55(60)65(43-33-29-39(30-34-43)44-20-12-21-47-46-18-8-11-27-57(46)67-62(44)47)56-26-14-28-59-61(56)50-38-41(32-36-58(50)66-59)40-31-35-54-49(37-40)45-17-7-10-24-53(45)64(54)42-15-4-3-5-16-42/h3-38,46,57H,1-2H3. The predicted octanol–water partition coefficient (Wildman–Crippen LogP) is 16.8. The molecule has 3 aliphatic rings. The first-order valence-electron chi connectivity index (χ1n) is 23.3. The van der Waals surface area contributed by atoms with Crippen LogP contribution in [0.1, 0.15) is 36.5 Å². The number of allylic oxidation sites excluding steroid dienone is 2. The molecule has 0 spiro atoms. The molecule has 67 heavy (non-hydrogen) atoms. The van der Waals surface area contributed by atoms with Crippen LogP contribution in [0.5, 0.6) is 5.75 Å². The molecule has 2 atom stereocenters. The number of para-hydroxylation sites is 3. The Morgan fingerprint density at radius 1 is 0.507 bits per heavy atom. The Kier molecular flexibility index (Phi) is 8.12. The third-order valence-corrected chi connectivity index (χ3v) is 14.7. The summed E-state index contributed by atoms with van der Waals surface area (Å²) in [6.45, 7) is 4.70. The van der Waals surface area contributed by atoms with E-state index in [4.69, 9.17) is 9.15 Å². The van der Waals surface area contributed by atoms with Crippen molar-refractivity contribution in [2.45, 2.75) is 31.3 Å². The Morgan fingerprint density at radius 3 is 2.09 bits per heavy atom. The molecule has 0 N–H and O–H groups in total. The van der Waals surface area contributed by atoms with E-state index in [0.717, 1.165) is 72.7 Å². The molecule has 4 heteroatoms. The van der Waals surface area contributed by atoms with Gasteiger partial charge in [0.25, 0.3) is 0 Å². The second-order valence-electron chi connectivity index (χ2n) is 18.7. The lowest BCUT2D eigenvalue weighted by atomic mass is 9.82. The Balaban J connectivity index is 0.956. The number of rotatable bonds is 6. The Hall–Kier alpha value is -8.34. The highest BCUT2D eigenvalue weighted by atomic mass is 16.5. The first-order valence-corrected chi connectivity index (χ1v) is 23.3. The maximum Gasteiger partial charge on any atom is 0.137 e. The number of fused-ring (bicyclic) bond motifs is 12. The SMILES string of the molecule is CC1(C)c2ccccc2-c2c(N(c3ccc(-c4cccc5c4OC4C=CC=CC54)cc3)c3cccc4oc5ccc(-c6ccc7c(c6)c6ccccc6n7-c6ccccc6)cc5c34)cccc21. The molecule has 2 unspecified atom stereocenters. The molecular weight excluding hydrogens is 817 g/mol. The van der Waals surface area contributed by atoms with E-state index in [1.165, 1.54) is 49.6 Å². The van der Waals surface area contributed by atoms with Crippen molar-refractivity contribution in [3.63, 3.8) is 0 Å². The maximum absolute atomic E-state index is 6.77. The zero-order valence-electron chi connectivity index (χ0n) is 37.2. The number of furan rings is 1. The zero-order chi connectivity index (χ0) is 44.4. The molecule has 318 valence electrons. The van der Waals surface area contributed by atoms with Gasteiger partial charge in [-0.05, 0) is 112 Å². The zero-order valence-corrected chi connectivity index (χ0v) is 37.2. The van der Waals surface area contributed by atoms with E-state index in [1.54, 1.807) is 0 Å². The van der Waals surface area contributed by atoms with Crippen LogP contribution in [0.15, 0.2) is 223 Å². The fourth-order valence-corrected chi connectivity index (χ4v) is 11.6. The number of nitrogens with zero attached hydrogens (tertiary/aromatic N) is 2. The first-order chi connectivity index (χ1) is 33.0. The third kappa shape index (κ3) is 5.60. The highest BCUT2D eigenvalue weighted by Gasteiger charge is 2.38. The number of benzene rings is 9. The lowest BCUT2D eigenvalue weighted by Gasteiger charge is -2.29. The third-order valence-electron chi connectivity index (χ3n) is 14.7. The van der Waals surface area contributed by atoms with Gasteiger partial charge in [0.2, 0.25) is 0 Å². The van der Waals surface area contributed by atoms with Crippen LogP contribution in [-0.4, -0.2) is 10.7 Å². The van der Waals surface area contributed by atoms with Crippen molar-refractivity contribution >= 4 is 60.8 Å². The van der Waals surface area contributed by atoms with Crippen molar-refractivity contribution in [2.24, 2.45) is 0 Å². The Morgan fingerprint density at radius 2 is 1.19 bits per heavy atom. The van der Waals surface area contributed by atoms with Crippen LogP contribution in [0, 0.1) is 0 Å². The van der Waals surface area contributed by atoms with Gasteiger partial charge in [0.05, 0.1) is 27.8 Å². The average Bonchev–Trinajstić information content (AvgIpc) is 4.11. The fraction of sp³-hybridized carbons (Fsp3) is 0.0794. The number of hydrogen-bond donors (Lipinski definition) is 0. The molecular formula is C63H44N2O2. The molecule has 0 saturated heterocycles. The van der Waals surface area contributed by atoms with Gasteiger partial charge in [-0.25, -0.2) is 0 Å². The average molecular weight is 861 g/mol. The lowest BCUT2D eigenvalue weighted by Crippen LogP contribution is -2.16. The molecule has 0 saturated carbocycles. The summed E-state index contributed by atoms with van der Waals surface area (Å²) < 4.78 is 15.8. The molecule has 11 aromatic rings. The lowest BCUT2D eigenvalue weighted by molar-refractivity contribution is 0.270. The monoisotopic (exact) mass is 860 g/mol. The normalized spacial score (nSPS) is 16.3. The first kappa shape index (κ1) is 38.0. The van der Waals surface area contributed by atoms with Crippen molar-refractivity contribution in [1.82, 2.24) is 4.57 Å². The summed E-state index contributed by atoms with van der Waals surface area (Å²) in [7, 11) is 0. The minimum absolute atomic E-state index is 0.0263. The minimum Gasteiger partial charge on any atom is -0.484 e. The van der Waals surface area contributed by atoms with Gasteiger partial charge in [0.1, 0.15) is 23.0 Å². The van der Waals surface area contributed by atoms with E-state index < -0.39 is 0 Å². The van der Waals surface area contributed by atoms with E-state index in [0.29, 0.717) is 0 Å². The topological polar surface area (TPSA) is 30.5 Å². The molecule has 0 amide bonds. The minimum atomic E-state index is -0.162. The van der Waals surface area contributed by atoms with Crippen molar-refractivity contribution in [2.75, 3.05) is 4.90 Å². The molecule has 1 aliphatic heterocycles. The fourth-order valence-electron chi connectivity index (χ4n) is 11.6. The van der Waals surface area contributed by atoms with Gasteiger partial charge in [-0.15, -0.1) is 0 Å². The van der Waals surface area contributed by atoms with Crippen molar-refractivity contribution in [3.8, 4) is 44.8 Å². The van der Waals surface area contributed by atoms with Crippen LogP contribution in [0.25, 0.3) is 82.8 Å². The van der Waals surface area contributed by atoms with Crippen molar-refractivity contribution in [1.29, 1.82) is 0 Å². The van der Waals surface area contributed by atoms with Crippen LogP contribution in [0.4, 0.5) is 17.1 Å². The second kappa shape index (κ2) is 14.3. The summed E-state index contributed by atoms with van der Waals surface area (Å²) in [5, 5.41) is 4.61. The van der Waals surface area contributed by atoms with Gasteiger partial charge in [0.15, 0.2) is 0 Å². The smallest absolute Gasteiger partial charge is 0.137 e. The molecule has 4 nitrogen and oxygen atoms in total. The summed E-state index contributed by atoms with van der Waals surface area (Å²) in [5.74, 6) is 1.21. The van der Waals surface area contributed by atoms with Crippen molar-refractivity contribution < 1.29 is 9.15 Å². The van der Waals surface area contributed by atoms with E-state index in [9.17, 15) is 0 Å². The molecule has 0 fully saturated rings. The van der Waals surface area contributed by atoms with Crippen LogP contribution >= 0.6 is 0 Å². The molecule has 0 radical (unpaired) electrons. The largest absolute Gasteiger partial charge is 0.484 e. The van der Waals surface area contributed by atoms with Gasteiger partial charge in [0, 0.05) is 55.6 Å². The van der Waals surface area contributed by atoms with Crippen LogP contribution in [0.3, 0.4) is 0 Å². The quantitative estimate of drug-likeness (QED) is 0.167. The van der Waals surface area contributed by atoms with E-state index >= 15 is 0 Å². The maximum atomic E-state index is 6.77. The van der Waals surface area contributed by atoms with Gasteiger partial charge < -0.3 is 18.6 Å². The number of aromatic nitrogens is 1. The van der Waals surface area contributed by atoms with Gasteiger partial charge >= 0.3 is 0 Å². The van der Waals surface area contributed by atoms with E-state index in [1.807, 2.05) is 0 Å². The predicted molar refractivity (Wildman–Crippen MR) is 277 cm³/mol. The summed E-state index contributed by atoms with van der Waals surface area (Å²) in [5.41, 5.74) is 19.3. The summed E-state index contributed by atoms with van der Waals surface area (Å²) in [4.78, 5) is 2.46. The molecule has 0 bridgehead atoms. The molecule has 2 aromatic heterocycles.